The van der Waals surface area contributed by atoms with E-state index in [1.165, 1.54) is 0 Å². The molecule has 92 valence electrons. The fourth-order valence-corrected chi connectivity index (χ4v) is 1.46. The molecule has 0 saturated heterocycles. The molecule has 0 N–H and O–H groups in total. The molecule has 0 nitrogen and oxygen atoms in total. The van der Waals surface area contributed by atoms with Gasteiger partial charge in [0.15, 0.2) is 11.7 Å². The zero-order valence-corrected chi connectivity index (χ0v) is 9.85. The summed E-state index contributed by atoms with van der Waals surface area (Å²) in [5.74, 6) is -4.94. The fourth-order valence-electron chi connectivity index (χ4n) is 1.21. The molecule has 6 heteroatoms. The molecule has 0 amide bonds. The minimum absolute atomic E-state index is 0.0786. The van der Waals surface area contributed by atoms with Gasteiger partial charge in [0.1, 0.15) is 18.0 Å². The normalized spacial score (nSPS) is 13.7. The molecule has 0 radical (unpaired) electrons. The number of rotatable bonds is 2. The number of benzene rings is 1. The lowest BCUT2D eigenvalue weighted by atomic mass is 10.0. The molecular weight excluding hydrogens is 258 g/mol. The molecule has 0 bridgehead atoms. The van der Waals surface area contributed by atoms with Gasteiger partial charge in [-0.15, -0.1) is 9.24 Å². The van der Waals surface area contributed by atoms with Gasteiger partial charge in [0.05, 0.1) is 0 Å². The van der Waals surface area contributed by atoms with Crippen LogP contribution in [0, 0.1) is 5.82 Å². The van der Waals surface area contributed by atoms with Crippen LogP contribution in [0.3, 0.4) is 0 Å². The first-order valence-corrected chi connectivity index (χ1v) is 5.03. The third kappa shape index (κ3) is 2.91. The molecule has 0 spiro atoms. The van der Waals surface area contributed by atoms with Crippen molar-refractivity contribution in [3.63, 3.8) is 0 Å². The molecule has 0 saturated carbocycles. The van der Waals surface area contributed by atoms with Crippen LogP contribution in [0.1, 0.15) is 18.1 Å². The quantitative estimate of drug-likeness (QED) is 0.556. The Morgan fingerprint density at radius 2 is 1.76 bits per heavy atom. The SMILES string of the molecule is C/C(F)=C(/F)c1cc(F)c(P)cc1/C(F)=C\F. The van der Waals surface area contributed by atoms with Crippen LogP contribution >= 0.6 is 9.24 Å². The van der Waals surface area contributed by atoms with Crippen molar-refractivity contribution in [2.24, 2.45) is 0 Å². The first-order valence-electron chi connectivity index (χ1n) is 4.46. The molecule has 1 aromatic carbocycles. The molecule has 1 atom stereocenters. The van der Waals surface area contributed by atoms with E-state index >= 15 is 0 Å². The fraction of sp³-hybridized carbons (Fsp3) is 0.0909. The van der Waals surface area contributed by atoms with E-state index in [1.807, 2.05) is 9.24 Å². The van der Waals surface area contributed by atoms with E-state index in [-0.39, 0.29) is 5.30 Å². The predicted octanol–water partition coefficient (Wildman–Crippen LogP) is 4.19. The minimum Gasteiger partial charge on any atom is -0.212 e. The van der Waals surface area contributed by atoms with Crippen molar-refractivity contribution in [1.29, 1.82) is 0 Å². The van der Waals surface area contributed by atoms with E-state index in [9.17, 15) is 22.0 Å². The highest BCUT2D eigenvalue weighted by molar-refractivity contribution is 7.27. The largest absolute Gasteiger partial charge is 0.212 e. The lowest BCUT2D eigenvalue weighted by Gasteiger charge is -2.08. The van der Waals surface area contributed by atoms with Gasteiger partial charge in [-0.05, 0) is 19.1 Å². The van der Waals surface area contributed by atoms with Crippen molar-refractivity contribution < 1.29 is 22.0 Å². The van der Waals surface area contributed by atoms with Gasteiger partial charge in [0.25, 0.3) is 0 Å². The Bertz CT molecular complexity index is 501. The van der Waals surface area contributed by atoms with Crippen LogP contribution in [-0.2, 0) is 0 Å². The predicted molar refractivity (Wildman–Crippen MR) is 60.7 cm³/mol. The van der Waals surface area contributed by atoms with Crippen LogP contribution in [0.25, 0.3) is 11.7 Å². The van der Waals surface area contributed by atoms with Gasteiger partial charge in [-0.2, -0.15) is 0 Å². The molecule has 0 aliphatic rings. The van der Waals surface area contributed by atoms with Crippen LogP contribution < -0.4 is 5.30 Å². The summed E-state index contributed by atoms with van der Waals surface area (Å²) in [6.45, 7) is 0.794. The number of hydrogen-bond acceptors (Lipinski definition) is 0. The summed E-state index contributed by atoms with van der Waals surface area (Å²) in [6, 6.07) is 1.49. The highest BCUT2D eigenvalue weighted by Crippen LogP contribution is 2.30. The Hall–Kier alpha value is -1.22. The lowest BCUT2D eigenvalue weighted by Crippen LogP contribution is -2.03. The van der Waals surface area contributed by atoms with E-state index in [0.29, 0.717) is 6.07 Å². The van der Waals surface area contributed by atoms with Crippen molar-refractivity contribution >= 4 is 26.2 Å². The van der Waals surface area contributed by atoms with Crippen molar-refractivity contribution in [1.82, 2.24) is 0 Å². The highest BCUT2D eigenvalue weighted by Gasteiger charge is 2.17. The summed E-state index contributed by atoms with van der Waals surface area (Å²) in [7, 11) is 1.94. The number of hydrogen-bond donors (Lipinski definition) is 0. The topological polar surface area (TPSA) is 0 Å². The molecule has 0 aromatic heterocycles. The first-order chi connectivity index (χ1) is 7.88. The Balaban J connectivity index is 3.58. The third-order valence-electron chi connectivity index (χ3n) is 2.03. The maximum absolute atomic E-state index is 13.3. The summed E-state index contributed by atoms with van der Waals surface area (Å²) in [4.78, 5) is 0. The number of halogens is 5. The first kappa shape index (κ1) is 13.8. The Morgan fingerprint density at radius 1 is 1.18 bits per heavy atom. The summed E-state index contributed by atoms with van der Waals surface area (Å²) in [5.41, 5.74) is -1.21. The van der Waals surface area contributed by atoms with Crippen molar-refractivity contribution in [3.05, 3.63) is 41.2 Å². The zero-order chi connectivity index (χ0) is 13.2. The average Bonchev–Trinajstić information content (AvgIpc) is 2.29. The molecule has 1 rings (SSSR count). The highest BCUT2D eigenvalue weighted by atomic mass is 31.0. The van der Waals surface area contributed by atoms with Crippen molar-refractivity contribution in [3.8, 4) is 0 Å². The van der Waals surface area contributed by atoms with E-state index < -0.39 is 40.8 Å². The third-order valence-corrected chi connectivity index (χ3v) is 2.47. The van der Waals surface area contributed by atoms with Crippen molar-refractivity contribution in [2.75, 3.05) is 0 Å². The summed E-state index contributed by atoms with van der Waals surface area (Å²) in [5, 5.41) is -0.0786. The van der Waals surface area contributed by atoms with Gasteiger partial charge >= 0.3 is 0 Å². The monoisotopic (exact) mass is 266 g/mol. The van der Waals surface area contributed by atoms with Crippen LogP contribution in [0.5, 0.6) is 0 Å². The van der Waals surface area contributed by atoms with Crippen LogP contribution in [0.15, 0.2) is 24.3 Å². The average molecular weight is 266 g/mol. The van der Waals surface area contributed by atoms with E-state index in [2.05, 4.69) is 0 Å². The molecule has 0 heterocycles. The maximum atomic E-state index is 13.3. The molecular formula is C11H8F5P. The molecule has 17 heavy (non-hydrogen) atoms. The Kier molecular flexibility index (Phi) is 4.40. The Labute approximate surface area is 97.0 Å². The van der Waals surface area contributed by atoms with E-state index in [1.54, 1.807) is 0 Å². The van der Waals surface area contributed by atoms with Gasteiger partial charge in [-0.1, -0.05) is 0 Å². The molecule has 1 unspecified atom stereocenters. The molecule has 0 aliphatic heterocycles. The van der Waals surface area contributed by atoms with Gasteiger partial charge < -0.3 is 0 Å². The van der Waals surface area contributed by atoms with Crippen LogP contribution in [-0.4, -0.2) is 0 Å². The second-order valence-electron chi connectivity index (χ2n) is 3.22. The summed E-state index contributed by atoms with van der Waals surface area (Å²) < 4.78 is 64.4. The molecule has 0 aliphatic carbocycles. The summed E-state index contributed by atoms with van der Waals surface area (Å²) in [6.07, 6.45) is -0.401. The van der Waals surface area contributed by atoms with E-state index in [0.717, 1.165) is 13.0 Å². The van der Waals surface area contributed by atoms with Crippen LogP contribution in [0.2, 0.25) is 0 Å². The minimum atomic E-state index is -1.43. The Morgan fingerprint density at radius 3 is 2.24 bits per heavy atom. The van der Waals surface area contributed by atoms with Gasteiger partial charge in [-0.3, -0.25) is 0 Å². The van der Waals surface area contributed by atoms with Crippen molar-refractivity contribution in [2.45, 2.75) is 6.92 Å². The zero-order valence-electron chi connectivity index (χ0n) is 8.70. The second-order valence-corrected chi connectivity index (χ2v) is 3.85. The smallest absolute Gasteiger partial charge is 0.162 e. The maximum Gasteiger partial charge on any atom is 0.162 e. The molecule has 1 aromatic rings. The summed E-state index contributed by atoms with van der Waals surface area (Å²) >= 11 is 0. The number of allylic oxidation sites excluding steroid dienone is 1. The second kappa shape index (κ2) is 5.41. The van der Waals surface area contributed by atoms with Gasteiger partial charge in [0, 0.05) is 16.4 Å². The van der Waals surface area contributed by atoms with Gasteiger partial charge in [-0.25, -0.2) is 22.0 Å². The van der Waals surface area contributed by atoms with Crippen LogP contribution in [0.4, 0.5) is 22.0 Å². The van der Waals surface area contributed by atoms with Gasteiger partial charge in [0.2, 0.25) is 0 Å². The standard InChI is InChI=1S/C11H8F5P/c1-5(13)11(16)7-2-8(14)10(17)3-6(7)9(15)4-12/h2-4H,17H2,1H3/b9-4+,11-5-. The molecule has 0 fully saturated rings. The van der Waals surface area contributed by atoms with E-state index in [4.69, 9.17) is 0 Å². The lowest BCUT2D eigenvalue weighted by molar-refractivity contribution is 0.602.